The molecule has 3 rings (SSSR count). The van der Waals surface area contributed by atoms with Crippen LogP contribution in [0.3, 0.4) is 0 Å². The number of hydrogen-bond acceptors (Lipinski definition) is 4. The van der Waals surface area contributed by atoms with E-state index in [1.807, 2.05) is 18.2 Å². The van der Waals surface area contributed by atoms with Crippen molar-refractivity contribution >= 4 is 6.03 Å². The molecule has 2 atom stereocenters. The largest absolute Gasteiger partial charge is 0.486 e. The van der Waals surface area contributed by atoms with E-state index in [4.69, 9.17) is 9.47 Å². The minimum absolute atomic E-state index is 0.0721. The summed E-state index contributed by atoms with van der Waals surface area (Å²) in [5.41, 5.74) is 1.04. The highest BCUT2D eigenvalue weighted by Crippen LogP contribution is 2.34. The van der Waals surface area contributed by atoms with E-state index >= 15 is 0 Å². The fourth-order valence-corrected chi connectivity index (χ4v) is 3.54. The van der Waals surface area contributed by atoms with Crippen LogP contribution in [0.15, 0.2) is 18.2 Å². The van der Waals surface area contributed by atoms with Gasteiger partial charge in [-0.2, -0.15) is 0 Å². The quantitative estimate of drug-likeness (QED) is 0.879. The molecule has 25 heavy (non-hydrogen) atoms. The second-order valence-corrected chi connectivity index (χ2v) is 7.34. The van der Waals surface area contributed by atoms with Crippen molar-refractivity contribution in [2.24, 2.45) is 5.92 Å². The zero-order chi connectivity index (χ0) is 17.8. The van der Waals surface area contributed by atoms with E-state index in [1.165, 1.54) is 0 Å². The summed E-state index contributed by atoms with van der Waals surface area (Å²) in [5.74, 6) is 1.79. The maximum absolute atomic E-state index is 12.5. The molecule has 1 fully saturated rings. The van der Waals surface area contributed by atoms with E-state index in [-0.39, 0.29) is 24.0 Å². The molecule has 2 heterocycles. The average molecular weight is 347 g/mol. The smallest absolute Gasteiger partial charge is 0.315 e. The van der Waals surface area contributed by atoms with Gasteiger partial charge in [-0.15, -0.1) is 0 Å². The van der Waals surface area contributed by atoms with Gasteiger partial charge in [-0.25, -0.2) is 4.79 Å². The first-order chi connectivity index (χ1) is 12.0. The summed E-state index contributed by atoms with van der Waals surface area (Å²) in [5, 5.41) is 6.26. The van der Waals surface area contributed by atoms with Gasteiger partial charge < -0.3 is 25.0 Å². The SMILES string of the molecule is CC(C)[C@H](NC(=O)N[C@H]1CCCN(C)C1)c1ccc2c(c1)OCCO2. The number of nitrogens with one attached hydrogen (secondary N) is 2. The van der Waals surface area contributed by atoms with Crippen molar-refractivity contribution in [2.45, 2.75) is 38.8 Å². The Morgan fingerprint density at radius 1 is 1.24 bits per heavy atom. The van der Waals surface area contributed by atoms with Crippen LogP contribution in [-0.4, -0.2) is 50.3 Å². The lowest BCUT2D eigenvalue weighted by Gasteiger charge is -2.31. The van der Waals surface area contributed by atoms with Crippen molar-refractivity contribution < 1.29 is 14.3 Å². The molecule has 0 aliphatic carbocycles. The number of fused-ring (bicyclic) bond motifs is 1. The number of carbonyl (C=O) groups is 1. The molecule has 0 saturated carbocycles. The van der Waals surface area contributed by atoms with Crippen molar-refractivity contribution in [3.8, 4) is 11.5 Å². The molecule has 138 valence electrons. The minimum atomic E-state index is -0.103. The molecule has 6 heteroatoms. The van der Waals surface area contributed by atoms with Crippen LogP contribution in [0.4, 0.5) is 4.79 Å². The molecule has 2 aliphatic rings. The van der Waals surface area contributed by atoms with Crippen LogP contribution in [0.2, 0.25) is 0 Å². The van der Waals surface area contributed by atoms with E-state index in [1.54, 1.807) is 0 Å². The molecule has 1 aromatic carbocycles. The number of benzene rings is 1. The van der Waals surface area contributed by atoms with Gasteiger partial charge in [-0.05, 0) is 50.0 Å². The highest BCUT2D eigenvalue weighted by Gasteiger charge is 2.24. The molecular formula is C19H29N3O3. The number of likely N-dealkylation sites (tertiary alicyclic amines) is 1. The lowest BCUT2D eigenvalue weighted by molar-refractivity contribution is 0.171. The van der Waals surface area contributed by atoms with Crippen LogP contribution >= 0.6 is 0 Å². The van der Waals surface area contributed by atoms with Crippen LogP contribution in [0.25, 0.3) is 0 Å². The van der Waals surface area contributed by atoms with Crippen LogP contribution < -0.4 is 20.1 Å². The summed E-state index contributed by atoms with van der Waals surface area (Å²) in [6.45, 7) is 7.37. The second-order valence-electron chi connectivity index (χ2n) is 7.34. The number of rotatable bonds is 4. The van der Waals surface area contributed by atoms with E-state index in [9.17, 15) is 4.79 Å². The number of piperidine rings is 1. The van der Waals surface area contributed by atoms with E-state index < -0.39 is 0 Å². The summed E-state index contributed by atoms with van der Waals surface area (Å²) < 4.78 is 11.3. The van der Waals surface area contributed by atoms with Crippen molar-refractivity contribution in [1.29, 1.82) is 0 Å². The highest BCUT2D eigenvalue weighted by atomic mass is 16.6. The van der Waals surface area contributed by atoms with Crippen molar-refractivity contribution in [3.63, 3.8) is 0 Å². The Balaban J connectivity index is 1.65. The highest BCUT2D eigenvalue weighted by molar-refractivity contribution is 5.75. The van der Waals surface area contributed by atoms with Gasteiger partial charge in [0.15, 0.2) is 11.5 Å². The molecule has 2 N–H and O–H groups in total. The van der Waals surface area contributed by atoms with Crippen LogP contribution in [0.1, 0.15) is 38.3 Å². The van der Waals surface area contributed by atoms with Gasteiger partial charge in [0.2, 0.25) is 0 Å². The monoisotopic (exact) mass is 347 g/mol. The number of hydrogen-bond donors (Lipinski definition) is 2. The van der Waals surface area contributed by atoms with Crippen LogP contribution in [0, 0.1) is 5.92 Å². The number of nitrogens with zero attached hydrogens (tertiary/aromatic N) is 1. The van der Waals surface area contributed by atoms with Gasteiger partial charge in [-0.3, -0.25) is 0 Å². The molecule has 0 radical (unpaired) electrons. The Hall–Kier alpha value is -1.95. The average Bonchev–Trinajstić information content (AvgIpc) is 2.59. The summed E-state index contributed by atoms with van der Waals surface area (Å²) in [6, 6.07) is 5.95. The topological polar surface area (TPSA) is 62.8 Å². The van der Waals surface area contributed by atoms with Gasteiger partial charge in [0.05, 0.1) is 6.04 Å². The lowest BCUT2D eigenvalue weighted by Crippen LogP contribution is -2.50. The maximum Gasteiger partial charge on any atom is 0.315 e. The number of urea groups is 1. The summed E-state index contributed by atoms with van der Waals surface area (Å²) >= 11 is 0. The molecule has 2 amide bonds. The predicted molar refractivity (Wildman–Crippen MR) is 97.2 cm³/mol. The normalized spacial score (nSPS) is 21.7. The Bertz CT molecular complexity index is 606. The number of likely N-dealkylation sites (N-methyl/N-ethyl adjacent to an activating group) is 1. The molecule has 0 aromatic heterocycles. The van der Waals surface area contributed by atoms with E-state index in [0.717, 1.165) is 43.0 Å². The standard InChI is InChI=1S/C19H29N3O3/c1-13(2)18(14-6-7-16-17(11-14)25-10-9-24-16)21-19(23)20-15-5-4-8-22(3)12-15/h6-7,11,13,15,18H,4-5,8-10,12H2,1-3H3,(H2,20,21,23)/t15-,18-/m0/s1. The van der Waals surface area contributed by atoms with Gasteiger partial charge >= 0.3 is 6.03 Å². The third-order valence-corrected chi connectivity index (χ3v) is 4.84. The van der Waals surface area contributed by atoms with Crippen LogP contribution in [-0.2, 0) is 0 Å². The number of amides is 2. The van der Waals surface area contributed by atoms with Crippen LogP contribution in [0.5, 0.6) is 11.5 Å². The number of ether oxygens (including phenoxy) is 2. The summed E-state index contributed by atoms with van der Waals surface area (Å²) in [7, 11) is 2.10. The fraction of sp³-hybridized carbons (Fsp3) is 0.632. The fourth-order valence-electron chi connectivity index (χ4n) is 3.54. The minimum Gasteiger partial charge on any atom is -0.486 e. The lowest BCUT2D eigenvalue weighted by atomic mass is 9.95. The maximum atomic E-state index is 12.5. The second kappa shape index (κ2) is 7.95. The Morgan fingerprint density at radius 3 is 2.72 bits per heavy atom. The Labute approximate surface area is 149 Å². The molecule has 1 aromatic rings. The third-order valence-electron chi connectivity index (χ3n) is 4.84. The molecule has 1 saturated heterocycles. The Morgan fingerprint density at radius 2 is 2.00 bits per heavy atom. The van der Waals surface area contributed by atoms with Crippen molar-refractivity contribution in [1.82, 2.24) is 15.5 Å². The molecule has 0 unspecified atom stereocenters. The van der Waals surface area contributed by atoms with E-state index in [0.29, 0.717) is 13.2 Å². The number of carbonyl (C=O) groups excluding carboxylic acids is 1. The van der Waals surface area contributed by atoms with Gasteiger partial charge in [0, 0.05) is 12.6 Å². The molecule has 2 aliphatic heterocycles. The molecule has 0 bridgehead atoms. The predicted octanol–water partition coefficient (Wildman–Crippen LogP) is 2.55. The molecular weight excluding hydrogens is 318 g/mol. The van der Waals surface area contributed by atoms with E-state index in [2.05, 4.69) is 36.4 Å². The van der Waals surface area contributed by atoms with Crippen molar-refractivity contribution in [2.75, 3.05) is 33.4 Å². The third kappa shape index (κ3) is 4.57. The molecule has 6 nitrogen and oxygen atoms in total. The van der Waals surface area contributed by atoms with Gasteiger partial charge in [0.25, 0.3) is 0 Å². The Kier molecular flexibility index (Phi) is 5.68. The molecule has 0 spiro atoms. The first kappa shape index (κ1) is 17.9. The zero-order valence-corrected chi connectivity index (χ0v) is 15.4. The summed E-state index contributed by atoms with van der Waals surface area (Å²) in [4.78, 5) is 14.8. The zero-order valence-electron chi connectivity index (χ0n) is 15.4. The first-order valence-corrected chi connectivity index (χ1v) is 9.18. The van der Waals surface area contributed by atoms with Crippen molar-refractivity contribution in [3.05, 3.63) is 23.8 Å². The van der Waals surface area contributed by atoms with Gasteiger partial charge in [0.1, 0.15) is 13.2 Å². The van der Waals surface area contributed by atoms with Gasteiger partial charge in [-0.1, -0.05) is 19.9 Å². The summed E-state index contributed by atoms with van der Waals surface area (Å²) in [6.07, 6.45) is 2.16. The first-order valence-electron chi connectivity index (χ1n) is 9.18.